The van der Waals surface area contributed by atoms with E-state index in [1.165, 1.54) is 11.1 Å². The van der Waals surface area contributed by atoms with Crippen molar-refractivity contribution in [1.29, 1.82) is 0 Å². The maximum atomic E-state index is 8.25. The summed E-state index contributed by atoms with van der Waals surface area (Å²) >= 11 is 0. The summed E-state index contributed by atoms with van der Waals surface area (Å²) in [6.07, 6.45) is 0.882. The van der Waals surface area contributed by atoms with Crippen molar-refractivity contribution in [1.82, 2.24) is 10.9 Å². The van der Waals surface area contributed by atoms with Crippen molar-refractivity contribution in [3.63, 3.8) is 0 Å². The van der Waals surface area contributed by atoms with Crippen molar-refractivity contribution in [2.24, 2.45) is 10.9 Å². The van der Waals surface area contributed by atoms with Gasteiger partial charge in [0.2, 0.25) is 5.96 Å². The Labute approximate surface area is 88.9 Å². The third-order valence-electron chi connectivity index (χ3n) is 1.95. The fourth-order valence-electron chi connectivity index (χ4n) is 1.25. The van der Waals surface area contributed by atoms with Gasteiger partial charge < -0.3 is 10.9 Å². The zero-order valence-electron chi connectivity index (χ0n) is 8.70. The average molecular weight is 208 g/mol. The van der Waals surface area contributed by atoms with Crippen molar-refractivity contribution in [3.05, 3.63) is 35.4 Å². The Bertz CT molecular complexity index is 338. The second kappa shape index (κ2) is 5.87. The molecule has 1 rings (SSSR count). The van der Waals surface area contributed by atoms with Gasteiger partial charge >= 0.3 is 0 Å². The molecular weight excluding hydrogens is 192 g/mol. The first-order valence-electron chi connectivity index (χ1n) is 4.74. The summed E-state index contributed by atoms with van der Waals surface area (Å²) in [5.41, 5.74) is 13.1. The second-order valence-corrected chi connectivity index (χ2v) is 3.28. The summed E-state index contributed by atoms with van der Waals surface area (Å²) in [4.78, 5) is 0. The summed E-state index contributed by atoms with van der Waals surface area (Å²) in [5.74, 6) is -0.0424. The van der Waals surface area contributed by atoms with E-state index in [9.17, 15) is 0 Å². The van der Waals surface area contributed by atoms with E-state index in [4.69, 9.17) is 10.9 Å². The number of rotatable bonds is 4. The maximum Gasteiger partial charge on any atom is 0.245 e. The normalized spacial score (nSPS) is 11.4. The first kappa shape index (κ1) is 11.3. The molecule has 0 amide bonds. The molecule has 0 aliphatic rings. The van der Waals surface area contributed by atoms with Gasteiger partial charge in [0, 0.05) is 6.54 Å². The lowest BCUT2D eigenvalue weighted by molar-refractivity contribution is 0.314. The van der Waals surface area contributed by atoms with Gasteiger partial charge in [-0.25, -0.2) is 5.43 Å². The number of guanidine groups is 1. The highest BCUT2D eigenvalue weighted by atomic mass is 16.4. The Balaban J connectivity index is 2.26. The van der Waals surface area contributed by atoms with Crippen LogP contribution in [0.25, 0.3) is 0 Å². The van der Waals surface area contributed by atoms with Crippen molar-refractivity contribution in [3.8, 4) is 0 Å². The summed E-state index contributed by atoms with van der Waals surface area (Å²) < 4.78 is 0. The number of hydrazine groups is 1. The van der Waals surface area contributed by atoms with Gasteiger partial charge in [0.25, 0.3) is 0 Å². The summed E-state index contributed by atoms with van der Waals surface area (Å²) in [7, 11) is 0. The smallest absolute Gasteiger partial charge is 0.245 e. The van der Waals surface area contributed by atoms with Gasteiger partial charge in [0.1, 0.15) is 0 Å². The quantitative estimate of drug-likeness (QED) is 0.189. The number of aryl methyl sites for hydroxylation is 1. The highest BCUT2D eigenvalue weighted by Gasteiger charge is 1.93. The lowest BCUT2D eigenvalue weighted by Crippen LogP contribution is -2.43. The number of oxime groups is 1. The number of hydrogen-bond acceptors (Lipinski definition) is 3. The minimum Gasteiger partial charge on any atom is -0.408 e. The van der Waals surface area contributed by atoms with Crippen molar-refractivity contribution in [2.75, 3.05) is 6.54 Å². The third kappa shape index (κ3) is 4.33. The van der Waals surface area contributed by atoms with E-state index in [1.54, 1.807) is 0 Å². The lowest BCUT2D eigenvalue weighted by atomic mass is 10.1. The molecule has 0 saturated heterocycles. The molecule has 0 aromatic heterocycles. The van der Waals surface area contributed by atoms with Crippen LogP contribution in [0.15, 0.2) is 29.4 Å². The highest BCUT2D eigenvalue weighted by molar-refractivity contribution is 5.76. The van der Waals surface area contributed by atoms with Crippen LogP contribution in [0.1, 0.15) is 11.1 Å². The first-order chi connectivity index (χ1) is 7.22. The molecule has 0 fully saturated rings. The fourth-order valence-corrected chi connectivity index (χ4v) is 1.25. The van der Waals surface area contributed by atoms with Gasteiger partial charge in [-0.05, 0) is 18.9 Å². The van der Waals surface area contributed by atoms with Crippen LogP contribution in [-0.2, 0) is 6.42 Å². The van der Waals surface area contributed by atoms with E-state index < -0.39 is 0 Å². The van der Waals surface area contributed by atoms with Crippen LogP contribution in [0.4, 0.5) is 0 Å². The second-order valence-electron chi connectivity index (χ2n) is 3.28. The van der Waals surface area contributed by atoms with Crippen LogP contribution in [0.2, 0.25) is 0 Å². The topological polar surface area (TPSA) is 82.7 Å². The van der Waals surface area contributed by atoms with Crippen LogP contribution in [-0.4, -0.2) is 17.7 Å². The zero-order chi connectivity index (χ0) is 11.1. The third-order valence-corrected chi connectivity index (χ3v) is 1.95. The summed E-state index contributed by atoms with van der Waals surface area (Å²) in [6, 6.07) is 8.29. The Morgan fingerprint density at radius 1 is 1.53 bits per heavy atom. The van der Waals surface area contributed by atoms with Gasteiger partial charge in [0.05, 0.1) is 0 Å². The van der Waals surface area contributed by atoms with E-state index >= 15 is 0 Å². The van der Waals surface area contributed by atoms with Crippen molar-refractivity contribution >= 4 is 5.96 Å². The molecular formula is C10H16N4O. The molecule has 0 atom stereocenters. The summed E-state index contributed by atoms with van der Waals surface area (Å²) in [5, 5.41) is 11.0. The average Bonchev–Trinajstić information content (AvgIpc) is 2.24. The Morgan fingerprint density at radius 3 is 3.00 bits per heavy atom. The van der Waals surface area contributed by atoms with Crippen LogP contribution in [0.5, 0.6) is 0 Å². The molecule has 0 heterocycles. The SMILES string of the molecule is Cc1cccc(CCNN/C(N)=N/O)c1. The Kier molecular flexibility index (Phi) is 4.43. The minimum atomic E-state index is -0.0424. The van der Waals surface area contributed by atoms with Crippen LogP contribution >= 0.6 is 0 Å². The molecule has 0 bridgehead atoms. The molecule has 0 saturated carbocycles. The molecule has 1 aromatic rings. The highest BCUT2D eigenvalue weighted by Crippen LogP contribution is 2.03. The monoisotopic (exact) mass is 208 g/mol. The molecule has 1 aromatic carbocycles. The number of benzene rings is 1. The van der Waals surface area contributed by atoms with Crippen LogP contribution < -0.4 is 16.6 Å². The molecule has 0 spiro atoms. The number of nitrogens with two attached hydrogens (primary N) is 1. The fraction of sp³-hybridized carbons (Fsp3) is 0.300. The molecule has 0 unspecified atom stereocenters. The van der Waals surface area contributed by atoms with Gasteiger partial charge in [-0.3, -0.25) is 5.43 Å². The van der Waals surface area contributed by atoms with E-state index in [1.807, 2.05) is 6.07 Å². The molecule has 0 aliphatic carbocycles. The van der Waals surface area contributed by atoms with Crippen LogP contribution in [0.3, 0.4) is 0 Å². The molecule has 15 heavy (non-hydrogen) atoms. The van der Waals surface area contributed by atoms with E-state index in [-0.39, 0.29) is 5.96 Å². The predicted octanol–water partition coefficient (Wildman–Crippen LogP) is 0.336. The molecule has 5 N–H and O–H groups in total. The lowest BCUT2D eigenvalue weighted by Gasteiger charge is -2.06. The molecule has 82 valence electrons. The Morgan fingerprint density at radius 2 is 2.33 bits per heavy atom. The minimum absolute atomic E-state index is 0.0424. The standard InChI is InChI=1S/C10H16N4O/c1-8-3-2-4-9(7-8)5-6-12-13-10(11)14-15/h2-4,7,12,15H,5-6H2,1H3,(H3,11,13,14). The largest absolute Gasteiger partial charge is 0.408 e. The van der Waals surface area contributed by atoms with Gasteiger partial charge in [-0.15, -0.1) is 0 Å². The molecule has 5 nitrogen and oxygen atoms in total. The number of nitrogens with one attached hydrogen (secondary N) is 2. The maximum absolute atomic E-state index is 8.25. The molecule has 0 radical (unpaired) electrons. The molecule has 0 aliphatic heterocycles. The van der Waals surface area contributed by atoms with E-state index in [2.05, 4.69) is 41.1 Å². The zero-order valence-corrected chi connectivity index (χ0v) is 8.70. The van der Waals surface area contributed by atoms with Crippen LogP contribution in [0, 0.1) is 6.92 Å². The van der Waals surface area contributed by atoms with Gasteiger partial charge in [0.15, 0.2) is 0 Å². The van der Waals surface area contributed by atoms with Gasteiger partial charge in [-0.2, -0.15) is 0 Å². The van der Waals surface area contributed by atoms with E-state index in [0.717, 1.165) is 6.42 Å². The van der Waals surface area contributed by atoms with E-state index in [0.29, 0.717) is 6.54 Å². The number of hydrogen-bond donors (Lipinski definition) is 4. The van der Waals surface area contributed by atoms with Crippen molar-refractivity contribution < 1.29 is 5.21 Å². The first-order valence-corrected chi connectivity index (χ1v) is 4.74. The predicted molar refractivity (Wildman–Crippen MR) is 59.4 cm³/mol. The molecule has 5 heteroatoms. The van der Waals surface area contributed by atoms with Gasteiger partial charge in [-0.1, -0.05) is 35.0 Å². The van der Waals surface area contributed by atoms with Crippen molar-refractivity contribution in [2.45, 2.75) is 13.3 Å². The number of nitrogens with zero attached hydrogens (tertiary/aromatic N) is 1. The Hall–Kier alpha value is -1.75. The summed E-state index contributed by atoms with van der Waals surface area (Å²) in [6.45, 7) is 2.77.